The van der Waals surface area contributed by atoms with Crippen molar-refractivity contribution in [1.29, 1.82) is 0 Å². The lowest BCUT2D eigenvalue weighted by molar-refractivity contribution is -0.138. The van der Waals surface area contributed by atoms with Gasteiger partial charge in [0.2, 0.25) is 0 Å². The number of amides is 1. The van der Waals surface area contributed by atoms with E-state index in [1.165, 1.54) is 25.3 Å². The van der Waals surface area contributed by atoms with Crippen LogP contribution in [0.4, 0.5) is 14.9 Å². The molecule has 2 aromatic carbocycles. The first-order valence-corrected chi connectivity index (χ1v) is 13.2. The van der Waals surface area contributed by atoms with Crippen LogP contribution in [0.25, 0.3) is 11.0 Å². The van der Waals surface area contributed by atoms with E-state index in [0.717, 1.165) is 60.8 Å². The zero-order chi connectivity index (χ0) is 27.0. The van der Waals surface area contributed by atoms with E-state index in [1.807, 2.05) is 19.1 Å². The van der Waals surface area contributed by atoms with Crippen LogP contribution in [0.2, 0.25) is 0 Å². The molecule has 2 atom stereocenters. The van der Waals surface area contributed by atoms with Gasteiger partial charge in [-0.25, -0.2) is 14.2 Å². The first-order chi connectivity index (χ1) is 18.3. The number of rotatable bonds is 6. The molecule has 1 aliphatic carbocycles. The molecule has 0 spiro atoms. The van der Waals surface area contributed by atoms with Gasteiger partial charge in [-0.15, -0.1) is 0 Å². The lowest BCUT2D eigenvalue weighted by Gasteiger charge is -2.34. The highest BCUT2D eigenvalue weighted by molar-refractivity contribution is 5.95. The standard InChI is InChI=1S/C29H34FN3O5/c1-17-7-12-22-24(32(17)29(36)38-3)13-14-25-27(22)31-26(33(25)20-8-10-21(37-2)11-9-20)16-23(28(34)35)18-5-4-6-19(30)15-18/h4-6,13-15,17,20-21,23H,7-12,16H2,1-3H3,(H,34,35)/t17-,20?,21?,23-/m0/s1. The average molecular weight is 524 g/mol. The summed E-state index contributed by atoms with van der Waals surface area (Å²) in [5.41, 5.74) is 3.88. The number of nitrogens with zero attached hydrogens (tertiary/aromatic N) is 3. The van der Waals surface area contributed by atoms with Gasteiger partial charge in [-0.3, -0.25) is 9.69 Å². The van der Waals surface area contributed by atoms with E-state index in [0.29, 0.717) is 11.4 Å². The summed E-state index contributed by atoms with van der Waals surface area (Å²) in [6.07, 6.45) is 5.04. The van der Waals surface area contributed by atoms with Gasteiger partial charge in [0.25, 0.3) is 0 Å². The topological polar surface area (TPSA) is 93.9 Å². The van der Waals surface area contributed by atoms with Crippen LogP contribution in [0, 0.1) is 5.82 Å². The monoisotopic (exact) mass is 523 g/mol. The molecule has 8 nitrogen and oxygen atoms in total. The molecule has 0 radical (unpaired) electrons. The SMILES string of the molecule is COC(=O)N1c2ccc3c(nc(C[C@H](C(=O)O)c4cccc(F)c4)n3C3CCC(OC)CC3)c2CC[C@@H]1C. The number of carboxylic acid groups (broad SMARTS) is 1. The van der Waals surface area contributed by atoms with Crippen molar-refractivity contribution < 1.29 is 28.6 Å². The summed E-state index contributed by atoms with van der Waals surface area (Å²) in [5, 5.41) is 10.1. The maximum Gasteiger partial charge on any atom is 0.414 e. The number of imidazole rings is 1. The van der Waals surface area contributed by atoms with Crippen molar-refractivity contribution in [2.24, 2.45) is 0 Å². The van der Waals surface area contributed by atoms with Crippen LogP contribution in [0.15, 0.2) is 36.4 Å². The van der Waals surface area contributed by atoms with Crippen LogP contribution >= 0.6 is 0 Å². The summed E-state index contributed by atoms with van der Waals surface area (Å²) >= 11 is 0. The van der Waals surface area contributed by atoms with Gasteiger partial charge in [0.1, 0.15) is 11.6 Å². The Morgan fingerprint density at radius 3 is 2.55 bits per heavy atom. The predicted molar refractivity (Wildman–Crippen MR) is 141 cm³/mol. The summed E-state index contributed by atoms with van der Waals surface area (Å²) in [5.74, 6) is -1.77. The predicted octanol–water partition coefficient (Wildman–Crippen LogP) is 5.62. The number of hydrogen-bond donors (Lipinski definition) is 1. The average Bonchev–Trinajstić information content (AvgIpc) is 3.29. The molecule has 1 N–H and O–H groups in total. The van der Waals surface area contributed by atoms with Gasteiger partial charge >= 0.3 is 12.1 Å². The number of methoxy groups -OCH3 is 2. The molecule has 1 aliphatic heterocycles. The smallest absolute Gasteiger partial charge is 0.414 e. The number of carbonyl (C=O) groups excluding carboxylic acids is 1. The molecule has 2 aliphatic rings. The van der Waals surface area contributed by atoms with E-state index in [4.69, 9.17) is 14.5 Å². The number of hydrogen-bond acceptors (Lipinski definition) is 5. The number of aliphatic carboxylic acids is 1. The quantitative estimate of drug-likeness (QED) is 0.451. The Kier molecular flexibility index (Phi) is 7.38. The Hall–Kier alpha value is -3.46. The Balaban J connectivity index is 1.63. The van der Waals surface area contributed by atoms with E-state index in [9.17, 15) is 19.1 Å². The van der Waals surface area contributed by atoms with E-state index in [-0.39, 0.29) is 24.6 Å². The van der Waals surface area contributed by atoms with E-state index in [1.54, 1.807) is 18.1 Å². The number of halogens is 1. The summed E-state index contributed by atoms with van der Waals surface area (Å²) in [4.78, 5) is 31.7. The van der Waals surface area contributed by atoms with Gasteiger partial charge in [0.05, 0.1) is 35.9 Å². The molecule has 5 rings (SSSR count). The van der Waals surface area contributed by atoms with Crippen molar-refractivity contribution in [2.45, 2.75) is 76.0 Å². The van der Waals surface area contributed by atoms with Crippen LogP contribution in [-0.4, -0.2) is 53.1 Å². The van der Waals surface area contributed by atoms with Crippen LogP contribution in [0.5, 0.6) is 0 Å². The molecule has 0 unspecified atom stereocenters. The Morgan fingerprint density at radius 1 is 1.13 bits per heavy atom. The fraction of sp³-hybridized carbons (Fsp3) is 0.483. The molecule has 2 heterocycles. The second-order valence-corrected chi connectivity index (χ2v) is 10.4. The maximum atomic E-state index is 14.0. The minimum absolute atomic E-state index is 0.0114. The Morgan fingerprint density at radius 2 is 1.89 bits per heavy atom. The fourth-order valence-electron chi connectivity index (χ4n) is 6.17. The molecule has 202 valence electrons. The highest BCUT2D eigenvalue weighted by Crippen LogP contribution is 2.40. The lowest BCUT2D eigenvalue weighted by atomic mass is 9.91. The molecule has 0 saturated heterocycles. The number of ether oxygens (including phenoxy) is 2. The lowest BCUT2D eigenvalue weighted by Crippen LogP contribution is -2.42. The summed E-state index contributed by atoms with van der Waals surface area (Å²) < 4.78 is 26.9. The Labute approximate surface area is 221 Å². The highest BCUT2D eigenvalue weighted by atomic mass is 19.1. The normalized spacial score (nSPS) is 22.2. The first-order valence-electron chi connectivity index (χ1n) is 13.2. The van der Waals surface area contributed by atoms with E-state index < -0.39 is 23.8 Å². The number of carboxylic acids is 1. The molecular formula is C29H34FN3O5. The zero-order valence-corrected chi connectivity index (χ0v) is 22.0. The maximum absolute atomic E-state index is 14.0. The third-order valence-corrected chi connectivity index (χ3v) is 8.18. The molecule has 1 fully saturated rings. The van der Waals surface area contributed by atoms with Crippen molar-refractivity contribution in [3.8, 4) is 0 Å². The molecule has 9 heteroatoms. The number of aryl methyl sites for hydroxylation is 1. The highest BCUT2D eigenvalue weighted by Gasteiger charge is 2.34. The second-order valence-electron chi connectivity index (χ2n) is 10.4. The number of fused-ring (bicyclic) bond motifs is 3. The zero-order valence-electron chi connectivity index (χ0n) is 22.0. The van der Waals surface area contributed by atoms with Crippen molar-refractivity contribution in [3.63, 3.8) is 0 Å². The fourth-order valence-corrected chi connectivity index (χ4v) is 6.17. The van der Waals surface area contributed by atoms with Gasteiger partial charge in [0, 0.05) is 31.2 Å². The summed E-state index contributed by atoms with van der Waals surface area (Å²) in [6, 6.07) is 9.85. The number of aromatic nitrogens is 2. The van der Waals surface area contributed by atoms with Crippen molar-refractivity contribution in [2.75, 3.05) is 19.1 Å². The van der Waals surface area contributed by atoms with Gasteiger partial charge in [0.15, 0.2) is 0 Å². The third kappa shape index (κ3) is 4.75. The number of carbonyl (C=O) groups is 2. The van der Waals surface area contributed by atoms with Crippen LogP contribution in [-0.2, 0) is 27.1 Å². The number of anilines is 1. The Bertz CT molecular complexity index is 1350. The molecule has 1 aromatic heterocycles. The van der Waals surface area contributed by atoms with E-state index in [2.05, 4.69) is 4.57 Å². The van der Waals surface area contributed by atoms with Crippen molar-refractivity contribution in [3.05, 3.63) is 59.2 Å². The van der Waals surface area contributed by atoms with Crippen molar-refractivity contribution in [1.82, 2.24) is 9.55 Å². The first kappa shape index (κ1) is 26.2. The molecule has 38 heavy (non-hydrogen) atoms. The molecule has 1 saturated carbocycles. The van der Waals surface area contributed by atoms with Gasteiger partial charge in [-0.2, -0.15) is 0 Å². The molecule has 3 aromatic rings. The van der Waals surface area contributed by atoms with Crippen molar-refractivity contribution >= 4 is 28.8 Å². The van der Waals surface area contributed by atoms with Gasteiger partial charge in [-0.05, 0) is 75.3 Å². The summed E-state index contributed by atoms with van der Waals surface area (Å²) in [6.45, 7) is 2.00. The van der Waals surface area contributed by atoms with E-state index >= 15 is 0 Å². The van der Waals surface area contributed by atoms with Gasteiger partial charge in [-0.1, -0.05) is 12.1 Å². The van der Waals surface area contributed by atoms with Crippen LogP contribution in [0.1, 0.15) is 67.9 Å². The van der Waals surface area contributed by atoms with Crippen LogP contribution < -0.4 is 4.90 Å². The minimum atomic E-state index is -1.02. The van der Waals surface area contributed by atoms with Gasteiger partial charge < -0.3 is 19.1 Å². The largest absolute Gasteiger partial charge is 0.481 e. The third-order valence-electron chi connectivity index (χ3n) is 8.18. The summed E-state index contributed by atoms with van der Waals surface area (Å²) in [7, 11) is 3.11. The molecular weight excluding hydrogens is 489 g/mol. The minimum Gasteiger partial charge on any atom is -0.481 e. The van der Waals surface area contributed by atoms with Crippen LogP contribution in [0.3, 0.4) is 0 Å². The second kappa shape index (κ2) is 10.7. The molecule has 0 bridgehead atoms. The molecule has 1 amide bonds. The number of benzene rings is 2.